The van der Waals surface area contributed by atoms with Crippen molar-refractivity contribution in [3.8, 4) is 0 Å². The molecular weight excluding hydrogens is 156 g/mol. The Morgan fingerprint density at radius 2 is 2.33 bits per heavy atom. The maximum Gasteiger partial charge on any atom is 0.407 e. The fraction of sp³-hybridized carbons (Fsp3) is 0.875. The van der Waals surface area contributed by atoms with Gasteiger partial charge in [0.05, 0.1) is 0 Å². The van der Waals surface area contributed by atoms with E-state index in [1.807, 2.05) is 0 Å². The monoisotopic (exact) mass is 172 g/mol. The lowest BCUT2D eigenvalue weighted by Gasteiger charge is -2.27. The zero-order valence-corrected chi connectivity index (χ0v) is 7.42. The Balaban J connectivity index is 1.97. The quantitative estimate of drug-likeness (QED) is 0.657. The van der Waals surface area contributed by atoms with Gasteiger partial charge in [-0.2, -0.15) is 0 Å². The molecule has 0 aromatic heterocycles. The van der Waals surface area contributed by atoms with Gasteiger partial charge in [0.2, 0.25) is 0 Å². The summed E-state index contributed by atoms with van der Waals surface area (Å²) in [5.41, 5.74) is 0. The molecule has 0 saturated heterocycles. The Hall–Kier alpha value is -0.770. The van der Waals surface area contributed by atoms with Crippen LogP contribution in [0.2, 0.25) is 0 Å². The second-order valence-corrected chi connectivity index (χ2v) is 3.29. The summed E-state index contributed by atoms with van der Waals surface area (Å²) in [6.45, 7) is 1.35. The summed E-state index contributed by atoms with van der Waals surface area (Å²) in [4.78, 5) is 11.7. The highest BCUT2D eigenvalue weighted by molar-refractivity contribution is 5.64. The molecular formula is C8H16N2O2. The average molecular weight is 172 g/mol. The minimum atomic E-state index is -0.856. The van der Waals surface area contributed by atoms with E-state index in [0.717, 1.165) is 6.54 Å². The van der Waals surface area contributed by atoms with Crippen molar-refractivity contribution >= 4 is 6.09 Å². The first-order chi connectivity index (χ1) is 5.70. The van der Waals surface area contributed by atoms with Crippen LogP contribution in [0.15, 0.2) is 0 Å². The summed E-state index contributed by atoms with van der Waals surface area (Å²) in [6, 6.07) is 0.646. The Morgan fingerprint density at radius 3 is 2.75 bits per heavy atom. The number of carbonyl (C=O) groups is 1. The largest absolute Gasteiger partial charge is 0.465 e. The predicted octanol–water partition coefficient (Wildman–Crippen LogP) is 0.738. The maximum atomic E-state index is 10.4. The fourth-order valence-electron chi connectivity index (χ4n) is 1.14. The number of hydrogen-bond donors (Lipinski definition) is 2. The van der Waals surface area contributed by atoms with Crippen molar-refractivity contribution in [2.45, 2.75) is 25.3 Å². The Kier molecular flexibility index (Phi) is 3.34. The number of amides is 1. The summed E-state index contributed by atoms with van der Waals surface area (Å²) in [6.07, 6.45) is 2.95. The van der Waals surface area contributed by atoms with E-state index < -0.39 is 6.09 Å². The minimum absolute atomic E-state index is 0.575. The third-order valence-corrected chi connectivity index (χ3v) is 2.31. The third-order valence-electron chi connectivity index (χ3n) is 2.31. The van der Waals surface area contributed by atoms with Crippen LogP contribution >= 0.6 is 0 Å². The van der Waals surface area contributed by atoms with Crippen molar-refractivity contribution < 1.29 is 9.90 Å². The van der Waals surface area contributed by atoms with Gasteiger partial charge in [0, 0.05) is 26.2 Å². The van der Waals surface area contributed by atoms with Gasteiger partial charge >= 0.3 is 6.09 Å². The van der Waals surface area contributed by atoms with Crippen molar-refractivity contribution in [2.24, 2.45) is 0 Å². The van der Waals surface area contributed by atoms with Gasteiger partial charge in [0.25, 0.3) is 0 Å². The minimum Gasteiger partial charge on any atom is -0.465 e. The molecule has 70 valence electrons. The molecule has 1 saturated carbocycles. The van der Waals surface area contributed by atoms with E-state index in [-0.39, 0.29) is 0 Å². The lowest BCUT2D eigenvalue weighted by molar-refractivity contribution is 0.155. The van der Waals surface area contributed by atoms with Crippen LogP contribution < -0.4 is 5.32 Å². The van der Waals surface area contributed by atoms with Crippen LogP contribution in [0.25, 0.3) is 0 Å². The molecule has 0 unspecified atom stereocenters. The highest BCUT2D eigenvalue weighted by Crippen LogP contribution is 2.17. The molecule has 0 aromatic carbocycles. The van der Waals surface area contributed by atoms with Gasteiger partial charge in [0.1, 0.15) is 0 Å². The molecule has 4 nitrogen and oxygen atoms in total. The Morgan fingerprint density at radius 1 is 1.67 bits per heavy atom. The van der Waals surface area contributed by atoms with Crippen molar-refractivity contribution in [2.75, 3.05) is 20.1 Å². The van der Waals surface area contributed by atoms with Gasteiger partial charge in [-0.05, 0) is 12.8 Å². The van der Waals surface area contributed by atoms with Crippen LogP contribution in [0.1, 0.15) is 19.3 Å². The standard InChI is InChI=1S/C8H16N2O2/c1-10(8(11)12)6-5-9-7-3-2-4-7/h7,9H,2-6H2,1H3,(H,11,12). The van der Waals surface area contributed by atoms with Gasteiger partial charge in [-0.1, -0.05) is 6.42 Å². The van der Waals surface area contributed by atoms with Crippen molar-refractivity contribution in [1.82, 2.24) is 10.2 Å². The van der Waals surface area contributed by atoms with Gasteiger partial charge in [0.15, 0.2) is 0 Å². The summed E-state index contributed by atoms with van der Waals surface area (Å²) >= 11 is 0. The normalized spacial score (nSPS) is 17.1. The molecule has 1 rings (SSSR count). The Bertz CT molecular complexity index is 157. The summed E-state index contributed by atoms with van der Waals surface area (Å²) < 4.78 is 0. The highest BCUT2D eigenvalue weighted by Gasteiger charge is 2.16. The van der Waals surface area contributed by atoms with Crippen LogP contribution in [0, 0.1) is 0 Å². The molecule has 1 amide bonds. The molecule has 4 heteroatoms. The highest BCUT2D eigenvalue weighted by atomic mass is 16.4. The molecule has 1 aliphatic rings. The third kappa shape index (κ3) is 2.70. The number of nitrogens with zero attached hydrogens (tertiary/aromatic N) is 1. The first kappa shape index (κ1) is 9.32. The molecule has 0 atom stereocenters. The van der Waals surface area contributed by atoms with Gasteiger partial charge < -0.3 is 15.3 Å². The number of hydrogen-bond acceptors (Lipinski definition) is 2. The number of rotatable bonds is 4. The average Bonchev–Trinajstić information content (AvgIpc) is 1.93. The van der Waals surface area contributed by atoms with E-state index in [9.17, 15) is 4.79 Å². The van der Waals surface area contributed by atoms with Crippen LogP contribution in [0.5, 0.6) is 0 Å². The first-order valence-electron chi connectivity index (χ1n) is 4.37. The Labute approximate surface area is 72.6 Å². The second-order valence-electron chi connectivity index (χ2n) is 3.29. The van der Waals surface area contributed by atoms with Gasteiger partial charge in [-0.15, -0.1) is 0 Å². The first-order valence-corrected chi connectivity index (χ1v) is 4.37. The SMILES string of the molecule is CN(CCNC1CCC1)C(=O)O. The van der Waals surface area contributed by atoms with Crippen molar-refractivity contribution in [1.29, 1.82) is 0 Å². The second kappa shape index (κ2) is 4.30. The van der Waals surface area contributed by atoms with Gasteiger partial charge in [-0.3, -0.25) is 0 Å². The van der Waals surface area contributed by atoms with Gasteiger partial charge in [-0.25, -0.2) is 4.79 Å². The van der Waals surface area contributed by atoms with Crippen molar-refractivity contribution in [3.63, 3.8) is 0 Å². The molecule has 2 N–H and O–H groups in total. The molecule has 12 heavy (non-hydrogen) atoms. The summed E-state index contributed by atoms with van der Waals surface area (Å²) in [7, 11) is 1.59. The van der Waals surface area contributed by atoms with E-state index in [1.54, 1.807) is 7.05 Å². The molecule has 0 heterocycles. The predicted molar refractivity (Wildman–Crippen MR) is 46.3 cm³/mol. The van der Waals surface area contributed by atoms with E-state index in [4.69, 9.17) is 5.11 Å². The molecule has 1 aliphatic carbocycles. The van der Waals surface area contributed by atoms with Crippen LogP contribution in [-0.4, -0.2) is 42.3 Å². The molecule has 0 aromatic rings. The van der Waals surface area contributed by atoms with Crippen LogP contribution in [0.3, 0.4) is 0 Å². The van der Waals surface area contributed by atoms with E-state index >= 15 is 0 Å². The van der Waals surface area contributed by atoms with E-state index in [0.29, 0.717) is 12.6 Å². The number of likely N-dealkylation sites (N-methyl/N-ethyl adjacent to an activating group) is 1. The van der Waals surface area contributed by atoms with Crippen LogP contribution in [-0.2, 0) is 0 Å². The fourth-order valence-corrected chi connectivity index (χ4v) is 1.14. The number of nitrogens with one attached hydrogen (secondary N) is 1. The topological polar surface area (TPSA) is 52.6 Å². The lowest BCUT2D eigenvalue weighted by atomic mass is 9.93. The van der Waals surface area contributed by atoms with Crippen LogP contribution in [0.4, 0.5) is 4.79 Å². The molecule has 0 radical (unpaired) electrons. The molecule has 1 fully saturated rings. The summed E-state index contributed by atoms with van der Waals surface area (Å²) in [5, 5.41) is 11.8. The zero-order valence-electron chi connectivity index (χ0n) is 7.42. The lowest BCUT2D eigenvalue weighted by Crippen LogP contribution is -2.40. The zero-order chi connectivity index (χ0) is 8.97. The molecule has 0 aliphatic heterocycles. The van der Waals surface area contributed by atoms with E-state index in [2.05, 4.69) is 5.32 Å². The molecule has 0 bridgehead atoms. The number of carboxylic acid groups (broad SMARTS) is 1. The van der Waals surface area contributed by atoms with E-state index in [1.165, 1.54) is 24.2 Å². The smallest absolute Gasteiger partial charge is 0.407 e. The summed E-state index contributed by atoms with van der Waals surface area (Å²) in [5.74, 6) is 0. The maximum absolute atomic E-state index is 10.4. The molecule has 0 spiro atoms. The van der Waals surface area contributed by atoms with Crippen molar-refractivity contribution in [3.05, 3.63) is 0 Å².